The number of benzene rings is 1. The van der Waals surface area contributed by atoms with Crippen LogP contribution in [-0.4, -0.2) is 18.6 Å². The van der Waals surface area contributed by atoms with Crippen molar-refractivity contribution in [3.8, 4) is 0 Å². The van der Waals surface area contributed by atoms with Gasteiger partial charge < -0.3 is 10.2 Å². The van der Waals surface area contributed by atoms with Crippen LogP contribution in [0.4, 0.5) is 10.8 Å². The molecule has 0 spiro atoms. The average molecular weight is 275 g/mol. The molecule has 102 valence electrons. The normalized spacial score (nSPS) is 12.4. The van der Waals surface area contributed by atoms with Gasteiger partial charge in [-0.25, -0.2) is 4.98 Å². The first kappa shape index (κ1) is 14.0. The zero-order chi connectivity index (χ0) is 13.8. The van der Waals surface area contributed by atoms with Gasteiger partial charge in [0, 0.05) is 23.7 Å². The van der Waals surface area contributed by atoms with Crippen LogP contribution in [-0.2, 0) is 0 Å². The number of hydrogen-bond donors (Lipinski definition) is 1. The van der Waals surface area contributed by atoms with E-state index in [-0.39, 0.29) is 0 Å². The lowest BCUT2D eigenvalue weighted by atomic mass is 10.2. The number of nitrogens with one attached hydrogen (secondary N) is 1. The molecule has 4 heteroatoms. The Bertz CT molecular complexity index is 536. The fraction of sp³-hybridized carbons (Fsp3) is 0.400. The molecular weight excluding hydrogens is 254 g/mol. The Morgan fingerprint density at radius 2 is 2.21 bits per heavy atom. The van der Waals surface area contributed by atoms with Crippen molar-refractivity contribution < 1.29 is 0 Å². The van der Waals surface area contributed by atoms with Gasteiger partial charge in [-0.1, -0.05) is 12.1 Å². The number of anilines is 2. The van der Waals surface area contributed by atoms with Gasteiger partial charge in [0.25, 0.3) is 0 Å². The van der Waals surface area contributed by atoms with Gasteiger partial charge in [-0.3, -0.25) is 0 Å². The molecule has 1 unspecified atom stereocenters. The Hall–Kier alpha value is -1.39. The molecule has 0 saturated carbocycles. The minimum atomic E-state index is 0.293. The summed E-state index contributed by atoms with van der Waals surface area (Å²) in [5, 5.41) is 6.42. The quantitative estimate of drug-likeness (QED) is 0.897. The molecule has 0 amide bonds. The van der Waals surface area contributed by atoms with E-state index in [4.69, 9.17) is 4.98 Å². The first-order valence-electron chi connectivity index (χ1n) is 6.62. The minimum Gasteiger partial charge on any atom is -0.318 e. The molecule has 0 bridgehead atoms. The third kappa shape index (κ3) is 3.14. The number of aryl methyl sites for hydroxylation is 1. The smallest absolute Gasteiger partial charge is 0.190 e. The van der Waals surface area contributed by atoms with E-state index >= 15 is 0 Å². The van der Waals surface area contributed by atoms with Gasteiger partial charge >= 0.3 is 0 Å². The van der Waals surface area contributed by atoms with Crippen molar-refractivity contribution in [2.24, 2.45) is 0 Å². The number of nitrogens with zero attached hydrogens (tertiary/aromatic N) is 2. The predicted molar refractivity (Wildman–Crippen MR) is 83.4 cm³/mol. The molecule has 0 aliphatic heterocycles. The van der Waals surface area contributed by atoms with Crippen LogP contribution in [0.2, 0.25) is 0 Å². The maximum absolute atomic E-state index is 4.74. The lowest BCUT2D eigenvalue weighted by molar-refractivity contribution is 0.636. The number of aromatic nitrogens is 1. The third-order valence-corrected chi connectivity index (χ3v) is 4.13. The molecule has 19 heavy (non-hydrogen) atoms. The topological polar surface area (TPSA) is 28.2 Å². The Labute approximate surface area is 119 Å². The number of rotatable bonds is 5. The summed E-state index contributed by atoms with van der Waals surface area (Å²) >= 11 is 1.70. The first-order valence-corrected chi connectivity index (χ1v) is 7.50. The highest BCUT2D eigenvalue weighted by molar-refractivity contribution is 7.13. The van der Waals surface area contributed by atoms with E-state index in [0.29, 0.717) is 6.04 Å². The molecule has 3 nitrogen and oxygen atoms in total. The highest BCUT2D eigenvalue weighted by atomic mass is 32.1. The lowest BCUT2D eigenvalue weighted by Gasteiger charge is -2.20. The second kappa shape index (κ2) is 6.17. The Morgan fingerprint density at radius 1 is 1.42 bits per heavy atom. The van der Waals surface area contributed by atoms with E-state index in [9.17, 15) is 0 Å². The largest absolute Gasteiger partial charge is 0.318 e. The summed E-state index contributed by atoms with van der Waals surface area (Å²) in [4.78, 5) is 6.99. The molecule has 1 N–H and O–H groups in total. The van der Waals surface area contributed by atoms with Crippen molar-refractivity contribution in [1.29, 1.82) is 0 Å². The summed E-state index contributed by atoms with van der Waals surface area (Å²) in [5.41, 5.74) is 3.59. The van der Waals surface area contributed by atoms with E-state index in [0.717, 1.165) is 17.4 Å². The summed E-state index contributed by atoms with van der Waals surface area (Å²) in [6, 6.07) is 8.85. The minimum absolute atomic E-state index is 0.293. The highest BCUT2D eigenvalue weighted by Crippen LogP contribution is 2.30. The number of hydrogen-bond acceptors (Lipinski definition) is 4. The van der Waals surface area contributed by atoms with Crippen molar-refractivity contribution in [2.45, 2.75) is 26.8 Å². The third-order valence-electron chi connectivity index (χ3n) is 3.25. The van der Waals surface area contributed by atoms with E-state index in [2.05, 4.69) is 60.6 Å². The lowest BCUT2D eigenvalue weighted by Crippen LogP contribution is -2.17. The van der Waals surface area contributed by atoms with Gasteiger partial charge in [-0.05, 0) is 45.5 Å². The monoisotopic (exact) mass is 275 g/mol. The molecule has 1 aromatic heterocycles. The van der Waals surface area contributed by atoms with Crippen LogP contribution in [0.1, 0.15) is 31.1 Å². The number of thiazole rings is 1. The second-order valence-electron chi connectivity index (χ2n) is 4.65. The second-order valence-corrected chi connectivity index (χ2v) is 5.49. The molecule has 0 aliphatic rings. The Morgan fingerprint density at radius 3 is 2.84 bits per heavy atom. The molecule has 1 atom stereocenters. The molecular formula is C15H21N3S. The summed E-state index contributed by atoms with van der Waals surface area (Å²) in [6.45, 7) is 7.32. The van der Waals surface area contributed by atoms with Gasteiger partial charge in [0.05, 0.1) is 5.69 Å². The maximum atomic E-state index is 4.74. The molecule has 0 radical (unpaired) electrons. The zero-order valence-electron chi connectivity index (χ0n) is 12.0. The summed E-state index contributed by atoms with van der Waals surface area (Å²) in [7, 11) is 1.96. The zero-order valence-corrected chi connectivity index (χ0v) is 12.8. The maximum Gasteiger partial charge on any atom is 0.190 e. The van der Waals surface area contributed by atoms with Gasteiger partial charge in [0.1, 0.15) is 0 Å². The molecule has 0 aliphatic carbocycles. The molecule has 2 rings (SSSR count). The van der Waals surface area contributed by atoms with Crippen molar-refractivity contribution >= 4 is 22.2 Å². The predicted octanol–water partition coefficient (Wildman–Crippen LogP) is 3.89. The van der Waals surface area contributed by atoms with E-state index in [1.54, 1.807) is 11.3 Å². The van der Waals surface area contributed by atoms with Crippen LogP contribution in [0.3, 0.4) is 0 Å². The molecule has 1 heterocycles. The fourth-order valence-electron chi connectivity index (χ4n) is 1.97. The summed E-state index contributed by atoms with van der Waals surface area (Å²) < 4.78 is 0. The van der Waals surface area contributed by atoms with Crippen LogP contribution in [0.25, 0.3) is 0 Å². The summed E-state index contributed by atoms with van der Waals surface area (Å²) in [6.07, 6.45) is 0. The van der Waals surface area contributed by atoms with Gasteiger partial charge in [-0.2, -0.15) is 0 Å². The van der Waals surface area contributed by atoms with Gasteiger partial charge in [-0.15, -0.1) is 11.3 Å². The van der Waals surface area contributed by atoms with E-state index in [1.807, 2.05) is 7.05 Å². The molecule has 0 saturated heterocycles. The van der Waals surface area contributed by atoms with Crippen molar-refractivity contribution in [3.05, 3.63) is 40.9 Å². The van der Waals surface area contributed by atoms with Crippen LogP contribution in [0.15, 0.2) is 29.6 Å². The van der Waals surface area contributed by atoms with E-state index in [1.165, 1.54) is 11.3 Å². The van der Waals surface area contributed by atoms with Crippen LogP contribution < -0.4 is 10.2 Å². The molecule has 2 aromatic rings. The first-order chi connectivity index (χ1) is 9.15. The van der Waals surface area contributed by atoms with Crippen molar-refractivity contribution in [3.63, 3.8) is 0 Å². The van der Waals surface area contributed by atoms with Crippen LogP contribution >= 0.6 is 11.3 Å². The van der Waals surface area contributed by atoms with Gasteiger partial charge in [0.2, 0.25) is 0 Å². The average Bonchev–Trinajstić information content (AvgIpc) is 2.88. The van der Waals surface area contributed by atoms with E-state index < -0.39 is 0 Å². The standard InChI is InChI=1S/C15H21N3S/c1-5-18(13-8-6-7-11(2)9-13)15-17-14(10-19-15)12(3)16-4/h6-10,12,16H,5H2,1-4H3. The Balaban J connectivity index is 2.29. The fourth-order valence-corrected chi connectivity index (χ4v) is 2.97. The molecule has 0 fully saturated rings. The van der Waals surface area contributed by atoms with Crippen LogP contribution in [0, 0.1) is 6.92 Å². The van der Waals surface area contributed by atoms with Crippen LogP contribution in [0.5, 0.6) is 0 Å². The van der Waals surface area contributed by atoms with Gasteiger partial charge in [0.15, 0.2) is 5.13 Å². The molecule has 1 aromatic carbocycles. The SMILES string of the molecule is CCN(c1cccc(C)c1)c1nc(C(C)NC)cs1. The van der Waals surface area contributed by atoms with Crippen molar-refractivity contribution in [1.82, 2.24) is 10.3 Å². The summed E-state index contributed by atoms with van der Waals surface area (Å²) in [5.74, 6) is 0. The Kier molecular flexibility index (Phi) is 4.56. The highest BCUT2D eigenvalue weighted by Gasteiger charge is 2.14. The van der Waals surface area contributed by atoms with Crippen molar-refractivity contribution in [2.75, 3.05) is 18.5 Å².